The summed E-state index contributed by atoms with van der Waals surface area (Å²) in [6.45, 7) is 3.09. The lowest BCUT2D eigenvalue weighted by Gasteiger charge is -2.16. The Kier molecular flexibility index (Phi) is 5.91. The Morgan fingerprint density at radius 1 is 1.12 bits per heavy atom. The Bertz CT molecular complexity index is 775. The molecule has 2 amide bonds. The van der Waals surface area contributed by atoms with Crippen LogP contribution in [-0.2, 0) is 16.0 Å². The van der Waals surface area contributed by atoms with Gasteiger partial charge in [-0.15, -0.1) is 0 Å². The molecular weight excluding hydrogens is 352 g/mol. The summed E-state index contributed by atoms with van der Waals surface area (Å²) < 4.78 is 5.39. The SMILES string of the molecule is CCOc1ccc(N2C(=O)C[C@@H](NCCc3ccc(Cl)cc3)C2=O)cc1. The fourth-order valence-electron chi connectivity index (χ4n) is 2.96. The number of halogens is 1. The van der Waals surface area contributed by atoms with E-state index in [1.54, 1.807) is 24.3 Å². The highest BCUT2D eigenvalue weighted by molar-refractivity contribution is 6.30. The van der Waals surface area contributed by atoms with Gasteiger partial charge >= 0.3 is 0 Å². The summed E-state index contributed by atoms with van der Waals surface area (Å²) in [6, 6.07) is 14.1. The van der Waals surface area contributed by atoms with E-state index >= 15 is 0 Å². The number of nitrogens with zero attached hydrogens (tertiary/aromatic N) is 1. The summed E-state index contributed by atoms with van der Waals surface area (Å²) in [6.07, 6.45) is 0.935. The van der Waals surface area contributed by atoms with Crippen molar-refractivity contribution >= 4 is 29.1 Å². The molecule has 1 aliphatic rings. The van der Waals surface area contributed by atoms with Crippen LogP contribution in [0.3, 0.4) is 0 Å². The van der Waals surface area contributed by atoms with E-state index in [4.69, 9.17) is 16.3 Å². The molecule has 0 unspecified atom stereocenters. The zero-order valence-corrected chi connectivity index (χ0v) is 15.3. The molecule has 1 atom stereocenters. The average molecular weight is 373 g/mol. The van der Waals surface area contributed by atoms with Gasteiger partial charge in [0.25, 0.3) is 5.91 Å². The second kappa shape index (κ2) is 8.34. The van der Waals surface area contributed by atoms with Crippen molar-refractivity contribution in [3.63, 3.8) is 0 Å². The Hall–Kier alpha value is -2.37. The lowest BCUT2D eigenvalue weighted by Crippen LogP contribution is -2.39. The van der Waals surface area contributed by atoms with Crippen LogP contribution in [0.15, 0.2) is 48.5 Å². The van der Waals surface area contributed by atoms with Crippen LogP contribution in [0.25, 0.3) is 0 Å². The minimum absolute atomic E-state index is 0.173. The third-order valence-corrected chi connectivity index (χ3v) is 4.52. The Labute approximate surface area is 157 Å². The first kappa shape index (κ1) is 18.4. The van der Waals surface area contributed by atoms with Gasteiger partial charge in [0.1, 0.15) is 5.75 Å². The fraction of sp³-hybridized carbons (Fsp3) is 0.300. The number of anilines is 1. The number of imide groups is 1. The lowest BCUT2D eigenvalue weighted by atomic mass is 10.1. The van der Waals surface area contributed by atoms with Gasteiger partial charge < -0.3 is 10.1 Å². The van der Waals surface area contributed by atoms with Gasteiger partial charge in [0.05, 0.1) is 24.8 Å². The molecule has 1 saturated heterocycles. The molecule has 0 bridgehead atoms. The van der Waals surface area contributed by atoms with E-state index in [1.807, 2.05) is 31.2 Å². The summed E-state index contributed by atoms with van der Waals surface area (Å²) in [5, 5.41) is 3.88. The fourth-order valence-corrected chi connectivity index (χ4v) is 3.09. The Morgan fingerprint density at radius 3 is 2.46 bits per heavy atom. The van der Waals surface area contributed by atoms with Gasteiger partial charge in [-0.05, 0) is 61.9 Å². The zero-order valence-electron chi connectivity index (χ0n) is 14.6. The molecule has 1 heterocycles. The number of hydrogen-bond donors (Lipinski definition) is 1. The molecule has 0 radical (unpaired) electrons. The van der Waals surface area contributed by atoms with E-state index in [2.05, 4.69) is 5.32 Å². The average Bonchev–Trinajstić information content (AvgIpc) is 2.92. The Morgan fingerprint density at radius 2 is 1.81 bits per heavy atom. The van der Waals surface area contributed by atoms with Gasteiger partial charge in [0.15, 0.2) is 0 Å². The topological polar surface area (TPSA) is 58.6 Å². The van der Waals surface area contributed by atoms with Crippen LogP contribution >= 0.6 is 11.6 Å². The van der Waals surface area contributed by atoms with Gasteiger partial charge in [-0.3, -0.25) is 9.59 Å². The summed E-state index contributed by atoms with van der Waals surface area (Å²) >= 11 is 5.87. The molecule has 0 spiro atoms. The van der Waals surface area contributed by atoms with E-state index in [0.717, 1.165) is 12.0 Å². The molecule has 1 fully saturated rings. The number of rotatable bonds is 7. The second-order valence-electron chi connectivity index (χ2n) is 6.08. The minimum Gasteiger partial charge on any atom is -0.494 e. The van der Waals surface area contributed by atoms with Crippen molar-refractivity contribution in [1.29, 1.82) is 0 Å². The normalized spacial score (nSPS) is 17.0. The van der Waals surface area contributed by atoms with Crippen molar-refractivity contribution in [3.05, 3.63) is 59.1 Å². The number of carbonyl (C=O) groups excluding carboxylic acids is 2. The van der Waals surface area contributed by atoms with Crippen LogP contribution in [-0.4, -0.2) is 31.0 Å². The van der Waals surface area contributed by atoms with Gasteiger partial charge in [-0.2, -0.15) is 0 Å². The maximum atomic E-state index is 12.6. The summed E-state index contributed by atoms with van der Waals surface area (Å²) in [7, 11) is 0. The molecule has 1 N–H and O–H groups in total. The van der Waals surface area contributed by atoms with Crippen LogP contribution in [0.5, 0.6) is 5.75 Å². The number of ether oxygens (including phenoxy) is 1. The number of nitrogens with one attached hydrogen (secondary N) is 1. The van der Waals surface area contributed by atoms with Gasteiger partial charge in [-0.25, -0.2) is 4.90 Å². The minimum atomic E-state index is -0.485. The molecule has 0 saturated carbocycles. The molecule has 0 aromatic heterocycles. The monoisotopic (exact) mass is 372 g/mol. The van der Waals surface area contributed by atoms with Crippen molar-refractivity contribution in [2.75, 3.05) is 18.1 Å². The van der Waals surface area contributed by atoms with E-state index in [0.29, 0.717) is 29.6 Å². The van der Waals surface area contributed by atoms with Crippen molar-refractivity contribution in [2.45, 2.75) is 25.8 Å². The molecule has 136 valence electrons. The smallest absolute Gasteiger partial charge is 0.251 e. The standard InChI is InChI=1S/C20H21ClN2O3/c1-2-26-17-9-7-16(8-10-17)23-19(24)13-18(20(23)25)22-12-11-14-3-5-15(21)6-4-14/h3-10,18,22H,2,11-13H2,1H3/t18-/m1/s1. The van der Waals surface area contributed by atoms with E-state index in [9.17, 15) is 9.59 Å². The molecule has 6 heteroatoms. The Balaban J connectivity index is 1.58. The number of hydrogen-bond acceptors (Lipinski definition) is 4. The summed E-state index contributed by atoms with van der Waals surface area (Å²) in [5.74, 6) is 0.311. The van der Waals surface area contributed by atoms with Crippen molar-refractivity contribution in [2.24, 2.45) is 0 Å². The van der Waals surface area contributed by atoms with Crippen molar-refractivity contribution in [3.8, 4) is 5.75 Å². The third kappa shape index (κ3) is 4.23. The molecule has 0 aliphatic carbocycles. The summed E-state index contributed by atoms with van der Waals surface area (Å²) in [4.78, 5) is 26.1. The lowest BCUT2D eigenvalue weighted by molar-refractivity contribution is -0.121. The summed E-state index contributed by atoms with van der Waals surface area (Å²) in [5.41, 5.74) is 1.70. The molecular formula is C20H21ClN2O3. The van der Waals surface area contributed by atoms with E-state index < -0.39 is 6.04 Å². The van der Waals surface area contributed by atoms with Crippen LogP contribution in [0, 0.1) is 0 Å². The molecule has 3 rings (SSSR count). The van der Waals surface area contributed by atoms with Gasteiger partial charge in [0.2, 0.25) is 5.91 Å². The molecule has 2 aromatic rings. The molecule has 26 heavy (non-hydrogen) atoms. The predicted octanol–water partition coefficient (Wildman–Crippen LogP) is 3.20. The highest BCUT2D eigenvalue weighted by Crippen LogP contribution is 2.25. The van der Waals surface area contributed by atoms with E-state index in [-0.39, 0.29) is 18.2 Å². The van der Waals surface area contributed by atoms with Crippen LogP contribution in [0.1, 0.15) is 18.9 Å². The zero-order chi connectivity index (χ0) is 18.5. The first-order chi connectivity index (χ1) is 12.6. The molecule has 5 nitrogen and oxygen atoms in total. The first-order valence-electron chi connectivity index (χ1n) is 8.66. The largest absolute Gasteiger partial charge is 0.494 e. The quantitative estimate of drug-likeness (QED) is 0.758. The van der Waals surface area contributed by atoms with Gasteiger partial charge in [-0.1, -0.05) is 23.7 Å². The van der Waals surface area contributed by atoms with Crippen molar-refractivity contribution in [1.82, 2.24) is 5.32 Å². The highest BCUT2D eigenvalue weighted by Gasteiger charge is 2.39. The maximum Gasteiger partial charge on any atom is 0.251 e. The molecule has 2 aromatic carbocycles. The maximum absolute atomic E-state index is 12.6. The highest BCUT2D eigenvalue weighted by atomic mass is 35.5. The van der Waals surface area contributed by atoms with Crippen LogP contribution in [0.2, 0.25) is 5.02 Å². The van der Waals surface area contributed by atoms with Crippen LogP contribution in [0.4, 0.5) is 5.69 Å². The molecule has 1 aliphatic heterocycles. The number of amides is 2. The number of benzene rings is 2. The number of carbonyl (C=O) groups is 2. The second-order valence-corrected chi connectivity index (χ2v) is 6.52. The third-order valence-electron chi connectivity index (χ3n) is 4.27. The van der Waals surface area contributed by atoms with Crippen LogP contribution < -0.4 is 15.0 Å². The van der Waals surface area contributed by atoms with E-state index in [1.165, 1.54) is 4.90 Å². The van der Waals surface area contributed by atoms with Crippen molar-refractivity contribution < 1.29 is 14.3 Å². The first-order valence-corrected chi connectivity index (χ1v) is 9.03. The van der Waals surface area contributed by atoms with Gasteiger partial charge in [0, 0.05) is 5.02 Å². The predicted molar refractivity (Wildman–Crippen MR) is 102 cm³/mol.